The molecule has 0 saturated carbocycles. The zero-order valence-corrected chi connectivity index (χ0v) is 14.8. The fourth-order valence-electron chi connectivity index (χ4n) is 3.07. The Balaban J connectivity index is 1.75. The van der Waals surface area contributed by atoms with Crippen molar-refractivity contribution in [2.75, 3.05) is 13.2 Å². The molecule has 0 aliphatic carbocycles. The lowest BCUT2D eigenvalue weighted by molar-refractivity contribution is 0.100. The first-order valence-corrected chi connectivity index (χ1v) is 9.07. The molecule has 0 fully saturated rings. The van der Waals surface area contributed by atoms with Crippen molar-refractivity contribution in [2.24, 2.45) is 0 Å². The number of nitrogens with zero attached hydrogens (tertiary/aromatic N) is 1. The molecule has 1 aromatic heterocycles. The second-order valence-corrected chi connectivity index (χ2v) is 6.47. The molecule has 0 saturated heterocycles. The van der Waals surface area contributed by atoms with Gasteiger partial charge in [-0.15, -0.1) is 0 Å². The SMILES string of the molecule is CC(=O)c1c2ccnc1OCCCCc1ccc(cc1)CCCCO2. The number of ether oxygens (including phenoxy) is 2. The first-order valence-electron chi connectivity index (χ1n) is 9.07. The maximum absolute atomic E-state index is 12.0. The summed E-state index contributed by atoms with van der Waals surface area (Å²) in [5.74, 6) is 0.887. The number of aryl methyl sites for hydroxylation is 2. The number of carbonyl (C=O) groups excluding carboxylic acids is 1. The molecule has 0 unspecified atom stereocenters. The highest BCUT2D eigenvalue weighted by atomic mass is 16.5. The summed E-state index contributed by atoms with van der Waals surface area (Å²) in [4.78, 5) is 16.3. The quantitative estimate of drug-likeness (QED) is 0.723. The van der Waals surface area contributed by atoms with Gasteiger partial charge in [-0.1, -0.05) is 24.3 Å². The summed E-state index contributed by atoms with van der Waals surface area (Å²) in [5, 5.41) is 0. The van der Waals surface area contributed by atoms with Crippen molar-refractivity contribution in [2.45, 2.75) is 45.4 Å². The molecule has 4 heteroatoms. The Kier molecular flexibility index (Phi) is 6.04. The first-order chi connectivity index (χ1) is 12.2. The van der Waals surface area contributed by atoms with Crippen LogP contribution >= 0.6 is 0 Å². The maximum atomic E-state index is 12.0. The van der Waals surface area contributed by atoms with Crippen LogP contribution in [0, 0.1) is 0 Å². The average Bonchev–Trinajstić information content (AvgIpc) is 2.61. The maximum Gasteiger partial charge on any atom is 0.228 e. The van der Waals surface area contributed by atoms with Gasteiger partial charge in [0.2, 0.25) is 5.88 Å². The van der Waals surface area contributed by atoms with Crippen LogP contribution in [0.1, 0.15) is 54.1 Å². The number of Topliss-reactive ketones (excluding diaryl/α,β-unsaturated/α-hetero) is 1. The molecular formula is C21H25NO3. The highest BCUT2D eigenvalue weighted by Gasteiger charge is 2.17. The molecular weight excluding hydrogens is 314 g/mol. The number of hydrogen-bond acceptors (Lipinski definition) is 4. The average molecular weight is 339 g/mol. The molecule has 1 aromatic carbocycles. The van der Waals surface area contributed by atoms with Crippen LogP contribution in [-0.2, 0) is 12.8 Å². The Labute approximate surface area is 149 Å². The highest BCUT2D eigenvalue weighted by Crippen LogP contribution is 2.27. The van der Waals surface area contributed by atoms with Crippen molar-refractivity contribution >= 4 is 5.78 Å². The van der Waals surface area contributed by atoms with Crippen LogP contribution in [0.25, 0.3) is 0 Å². The number of pyridine rings is 1. The molecule has 132 valence electrons. The van der Waals surface area contributed by atoms with E-state index in [9.17, 15) is 4.79 Å². The predicted molar refractivity (Wildman–Crippen MR) is 97.5 cm³/mol. The van der Waals surface area contributed by atoms with Gasteiger partial charge in [0, 0.05) is 6.20 Å². The zero-order chi connectivity index (χ0) is 17.5. The normalized spacial score (nSPS) is 15.7. The van der Waals surface area contributed by atoms with E-state index in [0.29, 0.717) is 30.4 Å². The van der Waals surface area contributed by atoms with Crippen molar-refractivity contribution in [1.82, 2.24) is 4.98 Å². The molecule has 2 aliphatic heterocycles. The van der Waals surface area contributed by atoms with Gasteiger partial charge < -0.3 is 9.47 Å². The molecule has 2 aliphatic rings. The molecule has 4 bridgehead atoms. The minimum atomic E-state index is -0.0754. The van der Waals surface area contributed by atoms with Gasteiger partial charge in [-0.05, 0) is 62.6 Å². The van der Waals surface area contributed by atoms with Gasteiger partial charge in [0.15, 0.2) is 5.78 Å². The number of carbonyl (C=O) groups is 1. The van der Waals surface area contributed by atoms with Crippen LogP contribution in [0.2, 0.25) is 0 Å². The van der Waals surface area contributed by atoms with Gasteiger partial charge in [-0.3, -0.25) is 4.79 Å². The summed E-state index contributed by atoms with van der Waals surface area (Å²) in [5.41, 5.74) is 3.19. The smallest absolute Gasteiger partial charge is 0.228 e. The number of hydrogen-bond donors (Lipinski definition) is 0. The molecule has 4 rings (SSSR count). The van der Waals surface area contributed by atoms with E-state index in [4.69, 9.17) is 9.47 Å². The van der Waals surface area contributed by atoms with E-state index in [1.54, 1.807) is 12.3 Å². The minimum absolute atomic E-state index is 0.0754. The molecule has 0 spiro atoms. The summed E-state index contributed by atoms with van der Waals surface area (Å²) in [6.45, 7) is 2.66. The Morgan fingerprint density at radius 3 is 2.08 bits per heavy atom. The molecule has 0 N–H and O–H groups in total. The first kappa shape index (κ1) is 17.5. The van der Waals surface area contributed by atoms with Crippen LogP contribution in [0.3, 0.4) is 0 Å². The van der Waals surface area contributed by atoms with E-state index < -0.39 is 0 Å². The summed E-state index contributed by atoms with van der Waals surface area (Å²) in [6, 6.07) is 10.7. The number of ketones is 1. The van der Waals surface area contributed by atoms with Gasteiger partial charge in [-0.2, -0.15) is 0 Å². The fourth-order valence-corrected chi connectivity index (χ4v) is 3.07. The highest BCUT2D eigenvalue weighted by molar-refractivity contribution is 5.99. The van der Waals surface area contributed by atoms with Crippen LogP contribution in [0.15, 0.2) is 36.5 Å². The molecule has 0 amide bonds. The molecule has 3 heterocycles. The molecule has 2 aromatic rings. The Morgan fingerprint density at radius 1 is 0.880 bits per heavy atom. The van der Waals surface area contributed by atoms with Crippen molar-refractivity contribution < 1.29 is 14.3 Å². The lowest BCUT2D eigenvalue weighted by Crippen LogP contribution is -2.09. The Bertz CT molecular complexity index is 658. The molecule has 0 radical (unpaired) electrons. The second kappa shape index (κ2) is 8.65. The molecule has 0 atom stereocenters. The third kappa shape index (κ3) is 4.81. The van der Waals surface area contributed by atoms with Crippen molar-refractivity contribution in [1.29, 1.82) is 0 Å². The van der Waals surface area contributed by atoms with E-state index >= 15 is 0 Å². The minimum Gasteiger partial charge on any atom is -0.493 e. The van der Waals surface area contributed by atoms with Gasteiger partial charge in [0.05, 0.1) is 13.2 Å². The Hall–Kier alpha value is -2.36. The number of fused-ring (bicyclic) bond motifs is 10. The van der Waals surface area contributed by atoms with Crippen LogP contribution in [0.5, 0.6) is 11.6 Å². The zero-order valence-electron chi connectivity index (χ0n) is 14.8. The summed E-state index contributed by atoms with van der Waals surface area (Å²) < 4.78 is 11.6. The van der Waals surface area contributed by atoms with Crippen molar-refractivity contribution in [3.63, 3.8) is 0 Å². The van der Waals surface area contributed by atoms with E-state index in [1.807, 2.05) is 0 Å². The molecule has 4 nitrogen and oxygen atoms in total. The lowest BCUT2D eigenvalue weighted by Gasteiger charge is -2.13. The largest absolute Gasteiger partial charge is 0.493 e. The monoisotopic (exact) mass is 339 g/mol. The third-order valence-electron chi connectivity index (χ3n) is 4.47. The fraction of sp³-hybridized carbons (Fsp3) is 0.429. The van der Waals surface area contributed by atoms with E-state index in [-0.39, 0.29) is 5.78 Å². The van der Waals surface area contributed by atoms with Crippen LogP contribution in [-0.4, -0.2) is 24.0 Å². The van der Waals surface area contributed by atoms with Gasteiger partial charge in [0.25, 0.3) is 0 Å². The standard InChI is InChI=1S/C21H25NO3/c1-16(23)20-19-12-13-22-21(20)25-15-5-3-7-18-10-8-17(9-11-18)6-2-4-14-24-19/h8-13H,2-7,14-15H2,1H3. The lowest BCUT2D eigenvalue weighted by atomic mass is 10.0. The number of benzene rings is 1. The number of rotatable bonds is 1. The Morgan fingerprint density at radius 2 is 1.48 bits per heavy atom. The van der Waals surface area contributed by atoms with E-state index in [0.717, 1.165) is 38.5 Å². The van der Waals surface area contributed by atoms with Crippen molar-refractivity contribution in [3.05, 3.63) is 53.2 Å². The van der Waals surface area contributed by atoms with Gasteiger partial charge in [0.1, 0.15) is 11.3 Å². The summed E-state index contributed by atoms with van der Waals surface area (Å²) in [7, 11) is 0. The third-order valence-corrected chi connectivity index (χ3v) is 4.47. The van der Waals surface area contributed by atoms with Gasteiger partial charge in [-0.25, -0.2) is 4.98 Å². The summed E-state index contributed by atoms with van der Waals surface area (Å²) >= 11 is 0. The topological polar surface area (TPSA) is 48.4 Å². The molecule has 25 heavy (non-hydrogen) atoms. The van der Waals surface area contributed by atoms with Crippen molar-refractivity contribution in [3.8, 4) is 11.6 Å². The van der Waals surface area contributed by atoms with Crippen LogP contribution < -0.4 is 9.47 Å². The number of aromatic nitrogens is 1. The van der Waals surface area contributed by atoms with Crippen LogP contribution in [0.4, 0.5) is 0 Å². The van der Waals surface area contributed by atoms with E-state index in [1.165, 1.54) is 18.1 Å². The van der Waals surface area contributed by atoms with E-state index in [2.05, 4.69) is 29.2 Å². The van der Waals surface area contributed by atoms with Gasteiger partial charge >= 0.3 is 0 Å². The second-order valence-electron chi connectivity index (χ2n) is 6.47. The predicted octanol–water partition coefficient (Wildman–Crippen LogP) is 4.40. The summed E-state index contributed by atoms with van der Waals surface area (Å²) in [6.07, 6.45) is 7.70.